The van der Waals surface area contributed by atoms with Crippen LogP contribution in [0.5, 0.6) is 5.75 Å². The van der Waals surface area contributed by atoms with Crippen LogP contribution in [0.4, 0.5) is 0 Å². The first-order chi connectivity index (χ1) is 15.0. The summed E-state index contributed by atoms with van der Waals surface area (Å²) in [6.45, 7) is 5.20. The number of benzene rings is 3. The fourth-order valence-electron chi connectivity index (χ4n) is 3.81. The Morgan fingerprint density at radius 3 is 2.52 bits per heavy atom. The molecule has 0 saturated heterocycles. The number of rotatable bonds is 8. The lowest BCUT2D eigenvalue weighted by molar-refractivity contribution is -0.137. The van der Waals surface area contributed by atoms with E-state index in [0.29, 0.717) is 6.61 Å². The molecule has 1 aromatic heterocycles. The van der Waals surface area contributed by atoms with Gasteiger partial charge in [-0.25, -0.2) is 0 Å². The molecule has 4 aromatic rings. The van der Waals surface area contributed by atoms with Gasteiger partial charge < -0.3 is 9.84 Å². The van der Waals surface area contributed by atoms with Crippen molar-refractivity contribution in [2.24, 2.45) is 0 Å². The van der Waals surface area contributed by atoms with Gasteiger partial charge in [0.2, 0.25) is 0 Å². The molecule has 0 spiro atoms. The zero-order valence-electron chi connectivity index (χ0n) is 17.8. The van der Waals surface area contributed by atoms with Crippen molar-refractivity contribution in [3.8, 4) is 5.75 Å². The first-order valence-corrected chi connectivity index (χ1v) is 10.4. The molecule has 0 aliphatic heterocycles. The maximum atomic E-state index is 10.9. The molecule has 158 valence electrons. The third kappa shape index (κ3) is 5.12. The third-order valence-electron chi connectivity index (χ3n) is 5.43. The van der Waals surface area contributed by atoms with E-state index in [2.05, 4.69) is 37.4 Å². The lowest BCUT2D eigenvalue weighted by atomic mass is 9.98. The fourth-order valence-corrected chi connectivity index (χ4v) is 3.81. The van der Waals surface area contributed by atoms with Crippen molar-refractivity contribution in [1.29, 1.82) is 0 Å². The molecule has 0 aliphatic carbocycles. The van der Waals surface area contributed by atoms with Crippen LogP contribution in [0, 0.1) is 6.92 Å². The highest BCUT2D eigenvalue weighted by Crippen LogP contribution is 2.24. The number of fused-ring (bicyclic) bond motifs is 1. The van der Waals surface area contributed by atoms with Crippen molar-refractivity contribution in [2.75, 3.05) is 0 Å². The number of nitrogens with zero attached hydrogens (tertiary/aromatic N) is 2. The Kier molecular flexibility index (Phi) is 6.03. The molecule has 1 unspecified atom stereocenters. The topological polar surface area (TPSA) is 64.3 Å². The van der Waals surface area contributed by atoms with E-state index in [1.54, 1.807) is 0 Å². The molecule has 0 aliphatic rings. The largest absolute Gasteiger partial charge is 0.489 e. The predicted octanol–water partition coefficient (Wildman–Crippen LogP) is 5.55. The second-order valence-electron chi connectivity index (χ2n) is 8.02. The predicted molar refractivity (Wildman–Crippen MR) is 121 cm³/mol. The zero-order chi connectivity index (χ0) is 21.8. The first kappa shape index (κ1) is 20.7. The number of carboxylic acids is 1. The molecule has 4 rings (SSSR count). The highest BCUT2D eigenvalue weighted by atomic mass is 16.5. The molecule has 1 N–H and O–H groups in total. The number of ether oxygens (including phenoxy) is 1. The van der Waals surface area contributed by atoms with Crippen LogP contribution >= 0.6 is 0 Å². The molecular formula is C26H26N2O3. The summed E-state index contributed by atoms with van der Waals surface area (Å²) in [5.41, 5.74) is 5.44. The summed E-state index contributed by atoms with van der Waals surface area (Å²) in [5.74, 6) is -0.0430. The smallest absolute Gasteiger partial charge is 0.303 e. The first-order valence-electron chi connectivity index (χ1n) is 10.4. The molecule has 5 nitrogen and oxygen atoms in total. The summed E-state index contributed by atoms with van der Waals surface area (Å²) in [7, 11) is 0. The van der Waals surface area contributed by atoms with Gasteiger partial charge in [-0.1, -0.05) is 55.5 Å². The van der Waals surface area contributed by atoms with Gasteiger partial charge in [0, 0.05) is 11.6 Å². The summed E-state index contributed by atoms with van der Waals surface area (Å²) < 4.78 is 7.95. The van der Waals surface area contributed by atoms with E-state index in [1.165, 1.54) is 5.56 Å². The van der Waals surface area contributed by atoms with Gasteiger partial charge in [0.1, 0.15) is 12.4 Å². The van der Waals surface area contributed by atoms with Gasteiger partial charge in [0.25, 0.3) is 0 Å². The van der Waals surface area contributed by atoms with Crippen LogP contribution in [0.2, 0.25) is 0 Å². The van der Waals surface area contributed by atoms with Gasteiger partial charge in [0.05, 0.1) is 18.5 Å². The van der Waals surface area contributed by atoms with Gasteiger partial charge in [-0.2, -0.15) is 5.10 Å². The Labute approximate surface area is 181 Å². The Bertz CT molecular complexity index is 1180. The summed E-state index contributed by atoms with van der Waals surface area (Å²) >= 11 is 0. The molecular weight excluding hydrogens is 388 g/mol. The Balaban J connectivity index is 1.44. The quantitative estimate of drug-likeness (QED) is 0.410. The fraction of sp³-hybridized carbons (Fsp3) is 0.231. The minimum Gasteiger partial charge on any atom is -0.489 e. The van der Waals surface area contributed by atoms with Gasteiger partial charge in [0.15, 0.2) is 0 Å². The minimum absolute atomic E-state index is 0.0240. The van der Waals surface area contributed by atoms with Crippen LogP contribution < -0.4 is 4.74 Å². The molecule has 3 aromatic carbocycles. The lowest BCUT2D eigenvalue weighted by Crippen LogP contribution is -2.03. The van der Waals surface area contributed by atoms with E-state index in [9.17, 15) is 4.79 Å². The van der Waals surface area contributed by atoms with Crippen LogP contribution in [-0.4, -0.2) is 20.9 Å². The Morgan fingerprint density at radius 1 is 1.06 bits per heavy atom. The van der Waals surface area contributed by atoms with Crippen molar-refractivity contribution in [3.63, 3.8) is 0 Å². The average Bonchev–Trinajstić information content (AvgIpc) is 3.16. The van der Waals surface area contributed by atoms with Gasteiger partial charge in [-0.3, -0.25) is 9.48 Å². The third-order valence-corrected chi connectivity index (χ3v) is 5.43. The molecule has 31 heavy (non-hydrogen) atoms. The maximum absolute atomic E-state index is 10.9. The number of aryl methyl sites for hydroxylation is 1. The standard InChI is InChI=1S/C26H26N2O3/c1-18(13-25(29)30)22-8-10-24(11-9-22)31-17-21-12-19(2)26-23(14-21)16-28(27-26)15-20-6-4-3-5-7-20/h3-12,14,16,18H,13,15,17H2,1-2H3,(H,29,30). The number of hydrogen-bond acceptors (Lipinski definition) is 3. The zero-order valence-corrected chi connectivity index (χ0v) is 17.8. The Hall–Kier alpha value is -3.60. The number of hydrogen-bond donors (Lipinski definition) is 1. The second kappa shape index (κ2) is 9.04. The summed E-state index contributed by atoms with van der Waals surface area (Å²) in [4.78, 5) is 10.9. The van der Waals surface area contributed by atoms with E-state index in [-0.39, 0.29) is 12.3 Å². The van der Waals surface area contributed by atoms with E-state index in [1.807, 2.05) is 54.1 Å². The SMILES string of the molecule is Cc1cc(COc2ccc(C(C)CC(=O)O)cc2)cc2cn(Cc3ccccc3)nc12. The van der Waals surface area contributed by atoms with Gasteiger partial charge in [-0.05, 0) is 53.3 Å². The summed E-state index contributed by atoms with van der Waals surface area (Å²) in [5, 5.41) is 14.8. The van der Waals surface area contributed by atoms with Crippen molar-refractivity contribution in [3.05, 3.63) is 95.2 Å². The molecule has 1 heterocycles. The molecule has 5 heteroatoms. The summed E-state index contributed by atoms with van der Waals surface area (Å²) in [6, 6.07) is 22.2. The van der Waals surface area contributed by atoms with Crippen LogP contribution in [0.15, 0.2) is 72.9 Å². The van der Waals surface area contributed by atoms with Gasteiger partial charge in [-0.15, -0.1) is 0 Å². The van der Waals surface area contributed by atoms with Crippen molar-refractivity contribution < 1.29 is 14.6 Å². The van der Waals surface area contributed by atoms with E-state index < -0.39 is 5.97 Å². The number of aromatic nitrogens is 2. The number of carbonyl (C=O) groups is 1. The summed E-state index contributed by atoms with van der Waals surface area (Å²) in [6.07, 6.45) is 2.20. The molecule has 0 saturated carbocycles. The minimum atomic E-state index is -0.786. The molecule has 0 amide bonds. The molecule has 1 atom stereocenters. The van der Waals surface area contributed by atoms with Crippen molar-refractivity contribution in [2.45, 2.75) is 39.3 Å². The van der Waals surface area contributed by atoms with E-state index in [0.717, 1.165) is 39.9 Å². The van der Waals surface area contributed by atoms with Gasteiger partial charge >= 0.3 is 5.97 Å². The monoisotopic (exact) mass is 414 g/mol. The average molecular weight is 415 g/mol. The van der Waals surface area contributed by atoms with Crippen LogP contribution in [-0.2, 0) is 17.9 Å². The van der Waals surface area contributed by atoms with Crippen molar-refractivity contribution >= 4 is 16.9 Å². The highest BCUT2D eigenvalue weighted by Gasteiger charge is 2.11. The molecule has 0 bridgehead atoms. The van der Waals surface area contributed by atoms with Crippen LogP contribution in [0.25, 0.3) is 10.9 Å². The Morgan fingerprint density at radius 2 is 1.81 bits per heavy atom. The molecule has 0 radical (unpaired) electrons. The van der Waals surface area contributed by atoms with Crippen LogP contribution in [0.1, 0.15) is 41.5 Å². The normalized spacial score (nSPS) is 12.1. The van der Waals surface area contributed by atoms with E-state index in [4.69, 9.17) is 14.9 Å². The van der Waals surface area contributed by atoms with Crippen molar-refractivity contribution in [1.82, 2.24) is 9.78 Å². The highest BCUT2D eigenvalue weighted by molar-refractivity contribution is 5.82. The number of aliphatic carboxylic acids is 1. The number of carboxylic acid groups (broad SMARTS) is 1. The second-order valence-corrected chi connectivity index (χ2v) is 8.02. The maximum Gasteiger partial charge on any atom is 0.303 e. The molecule has 0 fully saturated rings. The lowest BCUT2D eigenvalue weighted by Gasteiger charge is -2.11. The van der Waals surface area contributed by atoms with Crippen LogP contribution in [0.3, 0.4) is 0 Å². The van der Waals surface area contributed by atoms with E-state index >= 15 is 0 Å².